The van der Waals surface area contributed by atoms with Gasteiger partial charge in [-0.05, 0) is 25.8 Å². The molecule has 1 aliphatic heterocycles. The smallest absolute Gasteiger partial charge is 0.407 e. The van der Waals surface area contributed by atoms with E-state index in [1.807, 2.05) is 24.3 Å². The van der Waals surface area contributed by atoms with E-state index in [0.717, 1.165) is 30.7 Å². The van der Waals surface area contributed by atoms with Crippen molar-refractivity contribution >= 4 is 12.0 Å². The van der Waals surface area contributed by atoms with E-state index in [2.05, 4.69) is 5.32 Å². The molecule has 0 radical (unpaired) electrons. The number of para-hydroxylation sites is 1. The maximum atomic E-state index is 12.5. The lowest BCUT2D eigenvalue weighted by molar-refractivity contribution is -0.131. The van der Waals surface area contributed by atoms with Gasteiger partial charge in [0.2, 0.25) is 5.91 Å². The van der Waals surface area contributed by atoms with Crippen LogP contribution in [0.4, 0.5) is 4.79 Å². The fourth-order valence-corrected chi connectivity index (χ4v) is 2.78. The largest absolute Gasteiger partial charge is 0.496 e. The van der Waals surface area contributed by atoms with Crippen LogP contribution in [-0.4, -0.2) is 49.7 Å². The molecule has 2 rings (SSSR count). The van der Waals surface area contributed by atoms with E-state index in [0.29, 0.717) is 19.6 Å². The number of nitrogens with one attached hydrogen (secondary N) is 1. The predicted octanol–water partition coefficient (Wildman–Crippen LogP) is 1.97. The number of likely N-dealkylation sites (tertiary alicyclic amines) is 1. The first-order valence-corrected chi connectivity index (χ1v) is 7.97. The highest BCUT2D eigenvalue weighted by molar-refractivity contribution is 5.79. The van der Waals surface area contributed by atoms with Gasteiger partial charge in [-0.25, -0.2) is 4.79 Å². The number of piperidine rings is 1. The van der Waals surface area contributed by atoms with Gasteiger partial charge < -0.3 is 19.7 Å². The summed E-state index contributed by atoms with van der Waals surface area (Å²) in [6, 6.07) is 7.47. The number of carbonyl (C=O) groups excluding carboxylic acids is 2. The molecule has 1 fully saturated rings. The van der Waals surface area contributed by atoms with E-state index in [1.165, 1.54) is 0 Å². The zero-order valence-corrected chi connectivity index (χ0v) is 13.7. The van der Waals surface area contributed by atoms with Gasteiger partial charge in [0.05, 0.1) is 20.1 Å². The SMILES string of the molecule is CCOC(=O)N[C@H]1CCCN(C(=O)Cc2ccccc2OC)C1. The summed E-state index contributed by atoms with van der Waals surface area (Å²) in [7, 11) is 1.60. The molecule has 1 aliphatic rings. The Labute approximate surface area is 136 Å². The number of benzene rings is 1. The standard InChI is InChI=1S/C17H24N2O4/c1-3-23-17(21)18-14-8-6-10-19(12-14)16(20)11-13-7-4-5-9-15(13)22-2/h4-5,7,9,14H,3,6,8,10-12H2,1-2H3,(H,18,21)/t14-/m0/s1. The molecule has 126 valence electrons. The van der Waals surface area contributed by atoms with E-state index < -0.39 is 6.09 Å². The second-order valence-electron chi connectivity index (χ2n) is 5.53. The first kappa shape index (κ1) is 17.1. The first-order chi connectivity index (χ1) is 11.1. The molecule has 0 aliphatic carbocycles. The minimum atomic E-state index is -0.420. The van der Waals surface area contributed by atoms with Crippen molar-refractivity contribution in [3.63, 3.8) is 0 Å². The lowest BCUT2D eigenvalue weighted by atomic mass is 10.0. The van der Waals surface area contributed by atoms with Gasteiger partial charge in [0.15, 0.2) is 0 Å². The number of carbonyl (C=O) groups is 2. The summed E-state index contributed by atoms with van der Waals surface area (Å²) in [6.45, 7) is 3.35. The number of hydrogen-bond donors (Lipinski definition) is 1. The van der Waals surface area contributed by atoms with Gasteiger partial charge in [-0.3, -0.25) is 4.79 Å². The topological polar surface area (TPSA) is 67.9 Å². The second-order valence-corrected chi connectivity index (χ2v) is 5.53. The molecule has 1 atom stereocenters. The molecule has 6 nitrogen and oxygen atoms in total. The van der Waals surface area contributed by atoms with Gasteiger partial charge in [0.1, 0.15) is 5.75 Å². The summed E-state index contributed by atoms with van der Waals surface area (Å²) >= 11 is 0. The summed E-state index contributed by atoms with van der Waals surface area (Å²) in [5, 5.41) is 2.81. The molecule has 0 unspecified atom stereocenters. The van der Waals surface area contributed by atoms with Crippen LogP contribution in [0, 0.1) is 0 Å². The fraction of sp³-hybridized carbons (Fsp3) is 0.529. The van der Waals surface area contributed by atoms with Crippen LogP contribution >= 0.6 is 0 Å². The normalized spacial score (nSPS) is 17.5. The Balaban J connectivity index is 1.92. The maximum Gasteiger partial charge on any atom is 0.407 e. The fourth-order valence-electron chi connectivity index (χ4n) is 2.78. The predicted molar refractivity (Wildman–Crippen MR) is 86.5 cm³/mol. The first-order valence-electron chi connectivity index (χ1n) is 7.97. The van der Waals surface area contributed by atoms with Gasteiger partial charge in [-0.1, -0.05) is 18.2 Å². The van der Waals surface area contributed by atoms with Crippen LogP contribution in [-0.2, 0) is 16.0 Å². The molecule has 1 aromatic rings. The van der Waals surface area contributed by atoms with Crippen LogP contribution in [0.25, 0.3) is 0 Å². The summed E-state index contributed by atoms with van der Waals surface area (Å²) in [5.41, 5.74) is 0.875. The van der Waals surface area contributed by atoms with Crippen LogP contribution in [0.15, 0.2) is 24.3 Å². The third-order valence-corrected chi connectivity index (χ3v) is 3.91. The third kappa shape index (κ3) is 4.87. The molecule has 0 saturated carbocycles. The lowest BCUT2D eigenvalue weighted by Crippen LogP contribution is -2.50. The van der Waals surface area contributed by atoms with Crippen LogP contribution in [0.5, 0.6) is 5.75 Å². The molecule has 1 aromatic carbocycles. The van der Waals surface area contributed by atoms with E-state index in [9.17, 15) is 9.59 Å². The Kier molecular flexibility index (Phi) is 6.26. The number of ether oxygens (including phenoxy) is 2. The number of amides is 2. The highest BCUT2D eigenvalue weighted by Crippen LogP contribution is 2.19. The van der Waals surface area contributed by atoms with Gasteiger partial charge in [-0.15, -0.1) is 0 Å². The monoisotopic (exact) mass is 320 g/mol. The molecule has 1 heterocycles. The molecule has 6 heteroatoms. The van der Waals surface area contributed by atoms with Crippen molar-refractivity contribution in [2.24, 2.45) is 0 Å². The summed E-state index contributed by atoms with van der Waals surface area (Å²) in [4.78, 5) is 25.8. The molecule has 0 bridgehead atoms. The summed E-state index contributed by atoms with van der Waals surface area (Å²) < 4.78 is 10.2. The number of nitrogens with zero attached hydrogens (tertiary/aromatic N) is 1. The van der Waals surface area contributed by atoms with Crippen molar-refractivity contribution in [2.75, 3.05) is 26.8 Å². The minimum absolute atomic E-state index is 0.0462. The van der Waals surface area contributed by atoms with Crippen molar-refractivity contribution in [1.29, 1.82) is 0 Å². The average Bonchev–Trinajstić information content (AvgIpc) is 2.55. The molecule has 0 spiro atoms. The third-order valence-electron chi connectivity index (χ3n) is 3.91. The van der Waals surface area contributed by atoms with Crippen molar-refractivity contribution in [2.45, 2.75) is 32.2 Å². The average molecular weight is 320 g/mol. The Morgan fingerprint density at radius 2 is 2.13 bits per heavy atom. The van der Waals surface area contributed by atoms with E-state index in [1.54, 1.807) is 18.9 Å². The van der Waals surface area contributed by atoms with Crippen LogP contribution in [0.3, 0.4) is 0 Å². The van der Waals surface area contributed by atoms with Crippen LogP contribution in [0.2, 0.25) is 0 Å². The molecule has 23 heavy (non-hydrogen) atoms. The molecule has 0 aromatic heterocycles. The van der Waals surface area contributed by atoms with Crippen molar-refractivity contribution in [3.05, 3.63) is 29.8 Å². The summed E-state index contributed by atoms with van der Waals surface area (Å²) in [6.07, 6.45) is 1.61. The van der Waals surface area contributed by atoms with Crippen molar-refractivity contribution in [3.8, 4) is 5.75 Å². The number of rotatable bonds is 5. The zero-order chi connectivity index (χ0) is 16.7. The minimum Gasteiger partial charge on any atom is -0.496 e. The van der Waals surface area contributed by atoms with Crippen LogP contribution in [0.1, 0.15) is 25.3 Å². The van der Waals surface area contributed by atoms with Gasteiger partial charge in [0.25, 0.3) is 0 Å². The van der Waals surface area contributed by atoms with E-state index in [4.69, 9.17) is 9.47 Å². The molecular weight excluding hydrogens is 296 g/mol. The maximum absolute atomic E-state index is 12.5. The highest BCUT2D eigenvalue weighted by Gasteiger charge is 2.25. The number of alkyl carbamates (subject to hydrolysis) is 1. The van der Waals surface area contributed by atoms with Crippen molar-refractivity contribution in [1.82, 2.24) is 10.2 Å². The molecular formula is C17H24N2O4. The quantitative estimate of drug-likeness (QED) is 0.901. The Morgan fingerprint density at radius 1 is 1.35 bits per heavy atom. The Morgan fingerprint density at radius 3 is 2.87 bits per heavy atom. The second kappa shape index (κ2) is 8.41. The van der Waals surface area contributed by atoms with Crippen LogP contribution < -0.4 is 10.1 Å². The van der Waals surface area contributed by atoms with Gasteiger partial charge >= 0.3 is 6.09 Å². The van der Waals surface area contributed by atoms with E-state index >= 15 is 0 Å². The van der Waals surface area contributed by atoms with Gasteiger partial charge in [-0.2, -0.15) is 0 Å². The zero-order valence-electron chi connectivity index (χ0n) is 13.7. The van der Waals surface area contributed by atoms with Gasteiger partial charge in [0, 0.05) is 24.7 Å². The number of hydrogen-bond acceptors (Lipinski definition) is 4. The lowest BCUT2D eigenvalue weighted by Gasteiger charge is -2.33. The summed E-state index contributed by atoms with van der Waals surface area (Å²) in [5.74, 6) is 0.768. The molecule has 1 N–H and O–H groups in total. The molecule has 2 amide bonds. The van der Waals surface area contributed by atoms with Crippen molar-refractivity contribution < 1.29 is 19.1 Å². The highest BCUT2D eigenvalue weighted by atomic mass is 16.5. The Bertz CT molecular complexity index is 547. The Hall–Kier alpha value is -2.24. The molecule has 1 saturated heterocycles. The number of methoxy groups -OCH3 is 1. The van der Waals surface area contributed by atoms with E-state index in [-0.39, 0.29) is 11.9 Å².